The third kappa shape index (κ3) is 3.73. The lowest BCUT2D eigenvalue weighted by atomic mass is 10.2. The first-order valence-corrected chi connectivity index (χ1v) is 12.0. The standard InChI is InChI=1S/C24H22N4O3S/c1-18-11-13-20(14-12-18)31-16-15-27-21-9-5-6-10-22(21)28-23(27)25-26-24(28)32(29,30)17-19-7-3-2-4-8-19/h2-14H,15-17H2,1H3. The van der Waals surface area contributed by atoms with Crippen molar-refractivity contribution in [2.24, 2.45) is 0 Å². The molecule has 7 nitrogen and oxygen atoms in total. The third-order valence-electron chi connectivity index (χ3n) is 5.35. The van der Waals surface area contributed by atoms with Crippen LogP contribution in [-0.2, 0) is 22.1 Å². The molecule has 0 aliphatic carbocycles. The van der Waals surface area contributed by atoms with E-state index in [1.807, 2.05) is 78.2 Å². The summed E-state index contributed by atoms with van der Waals surface area (Å²) < 4.78 is 35.9. The Labute approximate surface area is 185 Å². The normalized spacial score (nSPS) is 11.9. The minimum absolute atomic E-state index is 0.0502. The molecule has 0 N–H and O–H groups in total. The van der Waals surface area contributed by atoms with Crippen molar-refractivity contribution in [3.05, 3.63) is 90.0 Å². The van der Waals surface area contributed by atoms with Crippen LogP contribution in [0.3, 0.4) is 0 Å². The highest BCUT2D eigenvalue weighted by molar-refractivity contribution is 7.90. The SMILES string of the molecule is Cc1ccc(OCCn2c3ccccc3n3c(S(=O)(=O)Cc4ccccc4)nnc23)cc1. The monoisotopic (exact) mass is 446 g/mol. The zero-order valence-corrected chi connectivity index (χ0v) is 18.4. The summed E-state index contributed by atoms with van der Waals surface area (Å²) in [6, 6.07) is 24.6. The smallest absolute Gasteiger partial charge is 0.256 e. The molecule has 0 amide bonds. The molecule has 0 spiro atoms. The Morgan fingerprint density at radius 3 is 2.28 bits per heavy atom. The summed E-state index contributed by atoms with van der Waals surface area (Å²) in [5.41, 5.74) is 3.50. The fourth-order valence-corrected chi connectivity index (χ4v) is 5.19. The van der Waals surface area contributed by atoms with Crippen molar-refractivity contribution in [2.75, 3.05) is 6.61 Å². The van der Waals surface area contributed by atoms with E-state index in [0.717, 1.165) is 16.8 Å². The van der Waals surface area contributed by atoms with Gasteiger partial charge >= 0.3 is 0 Å². The summed E-state index contributed by atoms with van der Waals surface area (Å²) >= 11 is 0. The molecule has 3 aromatic carbocycles. The van der Waals surface area contributed by atoms with Gasteiger partial charge in [-0.3, -0.25) is 0 Å². The number of sulfone groups is 1. The van der Waals surface area contributed by atoms with E-state index in [2.05, 4.69) is 10.2 Å². The minimum Gasteiger partial charge on any atom is -0.492 e. The maximum absolute atomic E-state index is 13.2. The number of fused-ring (bicyclic) bond motifs is 3. The van der Waals surface area contributed by atoms with Gasteiger partial charge in [-0.1, -0.05) is 60.2 Å². The number of imidazole rings is 1. The van der Waals surface area contributed by atoms with Gasteiger partial charge in [0.05, 0.1) is 23.3 Å². The van der Waals surface area contributed by atoms with Gasteiger partial charge in [0.2, 0.25) is 15.6 Å². The molecular formula is C24H22N4O3S. The number of aromatic nitrogens is 4. The van der Waals surface area contributed by atoms with E-state index in [-0.39, 0.29) is 10.9 Å². The fraction of sp³-hybridized carbons (Fsp3) is 0.167. The molecule has 5 aromatic rings. The molecule has 0 aliphatic rings. The molecule has 32 heavy (non-hydrogen) atoms. The van der Waals surface area contributed by atoms with Crippen LogP contribution in [0, 0.1) is 6.92 Å². The molecule has 162 valence electrons. The maximum Gasteiger partial charge on any atom is 0.256 e. The van der Waals surface area contributed by atoms with Crippen LogP contribution in [0.5, 0.6) is 5.75 Å². The Morgan fingerprint density at radius 2 is 1.53 bits per heavy atom. The van der Waals surface area contributed by atoms with Gasteiger partial charge in [-0.05, 0) is 36.8 Å². The molecule has 8 heteroatoms. The molecule has 0 saturated carbocycles. The van der Waals surface area contributed by atoms with E-state index in [0.29, 0.717) is 24.5 Å². The quantitative estimate of drug-likeness (QED) is 0.377. The fourth-order valence-electron chi connectivity index (χ4n) is 3.81. The van der Waals surface area contributed by atoms with E-state index in [1.54, 1.807) is 16.5 Å². The summed E-state index contributed by atoms with van der Waals surface area (Å²) in [6.45, 7) is 2.94. The lowest BCUT2D eigenvalue weighted by Gasteiger charge is -2.08. The van der Waals surface area contributed by atoms with Crippen LogP contribution in [0.1, 0.15) is 11.1 Å². The lowest BCUT2D eigenvalue weighted by molar-refractivity contribution is 0.301. The number of nitrogens with zero attached hydrogens (tertiary/aromatic N) is 4. The molecule has 0 fully saturated rings. The highest BCUT2D eigenvalue weighted by atomic mass is 32.2. The molecule has 2 aromatic heterocycles. The second kappa shape index (κ2) is 8.12. The zero-order chi connectivity index (χ0) is 22.1. The van der Waals surface area contributed by atoms with Crippen molar-refractivity contribution >= 4 is 26.6 Å². The van der Waals surface area contributed by atoms with Crippen LogP contribution in [0.2, 0.25) is 0 Å². The molecule has 0 saturated heterocycles. The maximum atomic E-state index is 13.2. The minimum atomic E-state index is -3.70. The average molecular weight is 447 g/mol. The topological polar surface area (TPSA) is 78.5 Å². The molecule has 0 radical (unpaired) electrons. The molecular weight excluding hydrogens is 424 g/mol. The first-order valence-electron chi connectivity index (χ1n) is 10.3. The Hall–Kier alpha value is -3.65. The van der Waals surface area contributed by atoms with Gasteiger partial charge in [0.1, 0.15) is 12.4 Å². The first kappa shape index (κ1) is 20.3. The number of ether oxygens (including phenoxy) is 1. The summed E-state index contributed by atoms with van der Waals surface area (Å²) in [5.74, 6) is 1.13. The molecule has 0 bridgehead atoms. The molecule has 0 unspecified atom stereocenters. The van der Waals surface area contributed by atoms with Crippen molar-refractivity contribution in [1.29, 1.82) is 0 Å². The summed E-state index contributed by atoms with van der Waals surface area (Å²) in [6.07, 6.45) is 0. The van der Waals surface area contributed by atoms with E-state index in [1.165, 1.54) is 5.56 Å². The van der Waals surface area contributed by atoms with Crippen molar-refractivity contribution < 1.29 is 13.2 Å². The van der Waals surface area contributed by atoms with Crippen LogP contribution in [0.4, 0.5) is 0 Å². The van der Waals surface area contributed by atoms with Crippen molar-refractivity contribution in [1.82, 2.24) is 19.2 Å². The van der Waals surface area contributed by atoms with E-state index >= 15 is 0 Å². The van der Waals surface area contributed by atoms with E-state index in [9.17, 15) is 8.42 Å². The highest BCUT2D eigenvalue weighted by Crippen LogP contribution is 2.25. The Balaban J connectivity index is 1.50. The van der Waals surface area contributed by atoms with Crippen LogP contribution >= 0.6 is 0 Å². The lowest BCUT2D eigenvalue weighted by Crippen LogP contribution is -2.09. The van der Waals surface area contributed by atoms with Crippen LogP contribution in [0.25, 0.3) is 16.8 Å². The van der Waals surface area contributed by atoms with Crippen molar-refractivity contribution in [2.45, 2.75) is 24.4 Å². The Bertz CT molecular complexity index is 1490. The number of aryl methyl sites for hydroxylation is 1. The molecule has 5 rings (SSSR count). The van der Waals surface area contributed by atoms with Gasteiger partial charge in [-0.25, -0.2) is 12.8 Å². The number of para-hydroxylation sites is 2. The first-order chi connectivity index (χ1) is 15.5. The van der Waals surface area contributed by atoms with Gasteiger partial charge < -0.3 is 9.30 Å². The molecule has 0 aliphatic heterocycles. The number of hydrogen-bond donors (Lipinski definition) is 0. The Kier molecular flexibility index (Phi) is 5.14. The van der Waals surface area contributed by atoms with Gasteiger partial charge in [-0.15, -0.1) is 10.2 Å². The van der Waals surface area contributed by atoms with E-state index in [4.69, 9.17) is 4.74 Å². The van der Waals surface area contributed by atoms with Crippen molar-refractivity contribution in [3.8, 4) is 5.75 Å². The van der Waals surface area contributed by atoms with Gasteiger partial charge in [0, 0.05) is 0 Å². The average Bonchev–Trinajstić information content (AvgIpc) is 3.35. The van der Waals surface area contributed by atoms with Crippen LogP contribution in [-0.4, -0.2) is 34.2 Å². The number of rotatable bonds is 7. The van der Waals surface area contributed by atoms with Crippen LogP contribution < -0.4 is 4.74 Å². The van der Waals surface area contributed by atoms with E-state index < -0.39 is 9.84 Å². The van der Waals surface area contributed by atoms with Gasteiger partial charge in [0.15, 0.2) is 0 Å². The number of hydrogen-bond acceptors (Lipinski definition) is 5. The predicted octanol–water partition coefficient (Wildman–Crippen LogP) is 4.05. The molecule has 0 atom stereocenters. The summed E-state index contributed by atoms with van der Waals surface area (Å²) in [7, 11) is -3.70. The van der Waals surface area contributed by atoms with Gasteiger partial charge in [-0.2, -0.15) is 0 Å². The largest absolute Gasteiger partial charge is 0.492 e. The predicted molar refractivity (Wildman–Crippen MR) is 122 cm³/mol. The highest BCUT2D eigenvalue weighted by Gasteiger charge is 2.26. The Morgan fingerprint density at radius 1 is 0.844 bits per heavy atom. The zero-order valence-electron chi connectivity index (χ0n) is 17.5. The summed E-state index contributed by atoms with van der Waals surface area (Å²) in [5, 5.41) is 8.27. The third-order valence-corrected chi connectivity index (χ3v) is 6.89. The van der Waals surface area contributed by atoms with Crippen molar-refractivity contribution in [3.63, 3.8) is 0 Å². The van der Waals surface area contributed by atoms with Crippen LogP contribution in [0.15, 0.2) is 84.0 Å². The second-order valence-electron chi connectivity index (χ2n) is 7.66. The summed E-state index contributed by atoms with van der Waals surface area (Å²) in [4.78, 5) is 0. The molecule has 2 heterocycles. The van der Waals surface area contributed by atoms with Gasteiger partial charge in [0.25, 0.3) is 5.16 Å². The second-order valence-corrected chi connectivity index (χ2v) is 9.55. The number of benzene rings is 3.